The highest BCUT2D eigenvalue weighted by atomic mass is 35.5. The summed E-state index contributed by atoms with van der Waals surface area (Å²) in [5.74, 6) is -4.90. The van der Waals surface area contributed by atoms with Crippen LogP contribution in [-0.2, 0) is 20.0 Å². The van der Waals surface area contributed by atoms with Crippen molar-refractivity contribution in [1.82, 2.24) is 9.55 Å². The highest BCUT2D eigenvalue weighted by molar-refractivity contribution is 6.32. The fourth-order valence-electron chi connectivity index (χ4n) is 2.30. The van der Waals surface area contributed by atoms with Crippen LogP contribution in [0.3, 0.4) is 0 Å². The smallest absolute Gasteiger partial charge is 0.352 e. The number of hydrogen-bond acceptors (Lipinski definition) is 9. The number of anilines is 1. The van der Waals surface area contributed by atoms with Gasteiger partial charge in [-0.1, -0.05) is 25.4 Å². The minimum atomic E-state index is -3.16. The van der Waals surface area contributed by atoms with Crippen LogP contribution in [0.1, 0.15) is 13.8 Å². The number of carbonyl (C=O) groups excluding carboxylic acids is 1. The van der Waals surface area contributed by atoms with E-state index in [0.29, 0.717) is 4.57 Å². The normalized spacial score (nSPS) is 31.0. The molecule has 142 valence electrons. The van der Waals surface area contributed by atoms with Crippen LogP contribution in [0.4, 0.5) is 10.2 Å². The first-order chi connectivity index (χ1) is 12.0. The van der Waals surface area contributed by atoms with E-state index in [-0.39, 0.29) is 10.8 Å². The van der Waals surface area contributed by atoms with E-state index >= 15 is 4.39 Å². The summed E-state index contributed by atoms with van der Waals surface area (Å²) in [6.07, 6.45) is -3.73. The van der Waals surface area contributed by atoms with Gasteiger partial charge in [-0.05, 0) is 0 Å². The zero-order chi connectivity index (χ0) is 19.9. The standard InChI is InChI=1S/C14H16ClFN4O6/c1-6(2)11(23)25-5-13(16)8(21)9(22)14(4-17,26-13)20-3-7(15)10(18)19-12(20)24/h3,6,8-9,21-22H,5H2,1-2H3,(H2,18,19,24)/t8-,9+,13+,14+/m0/s1. The third-order valence-electron chi connectivity index (χ3n) is 3.78. The molecule has 0 amide bonds. The van der Waals surface area contributed by atoms with Crippen LogP contribution in [-0.4, -0.2) is 50.4 Å². The van der Waals surface area contributed by atoms with Crippen LogP contribution in [0, 0.1) is 17.2 Å². The molecule has 26 heavy (non-hydrogen) atoms. The van der Waals surface area contributed by atoms with E-state index in [4.69, 9.17) is 22.1 Å². The lowest BCUT2D eigenvalue weighted by Gasteiger charge is -2.27. The number of nitrogens with two attached hydrogens (primary N) is 1. The Labute approximate surface area is 151 Å². The molecule has 1 saturated heterocycles. The van der Waals surface area contributed by atoms with Crippen molar-refractivity contribution in [3.63, 3.8) is 0 Å². The number of nitrogen functional groups attached to an aromatic ring is 1. The molecule has 0 saturated carbocycles. The number of alkyl halides is 1. The molecule has 0 aliphatic carbocycles. The Kier molecular flexibility index (Phi) is 5.25. The summed E-state index contributed by atoms with van der Waals surface area (Å²) in [6, 6.07) is 1.44. The van der Waals surface area contributed by atoms with Crippen molar-refractivity contribution >= 4 is 23.4 Å². The molecule has 0 radical (unpaired) electrons. The number of rotatable bonds is 4. The maximum atomic E-state index is 15.0. The molecular weight excluding hydrogens is 375 g/mol. The molecular formula is C14H16ClFN4O6. The molecule has 1 fully saturated rings. The largest absolute Gasteiger partial charge is 0.459 e. The highest BCUT2D eigenvalue weighted by Gasteiger charge is 2.66. The van der Waals surface area contributed by atoms with Gasteiger partial charge in [-0.2, -0.15) is 10.2 Å². The minimum absolute atomic E-state index is 0.271. The molecule has 0 unspecified atom stereocenters. The Balaban J connectivity index is 2.46. The number of ether oxygens (including phenoxy) is 2. The van der Waals surface area contributed by atoms with E-state index in [1.54, 1.807) is 0 Å². The van der Waals surface area contributed by atoms with Crippen LogP contribution in [0.2, 0.25) is 5.02 Å². The van der Waals surface area contributed by atoms with Crippen molar-refractivity contribution in [2.24, 2.45) is 5.92 Å². The van der Waals surface area contributed by atoms with Gasteiger partial charge in [-0.25, -0.2) is 9.18 Å². The number of halogens is 2. The molecule has 0 spiro atoms. The van der Waals surface area contributed by atoms with Gasteiger partial charge in [0, 0.05) is 6.20 Å². The minimum Gasteiger partial charge on any atom is -0.459 e. The van der Waals surface area contributed by atoms with Crippen molar-refractivity contribution in [2.45, 2.75) is 37.6 Å². The number of esters is 1. The van der Waals surface area contributed by atoms with E-state index in [1.165, 1.54) is 19.9 Å². The molecule has 0 aromatic carbocycles. The Bertz CT molecular complexity index is 827. The van der Waals surface area contributed by atoms with E-state index in [2.05, 4.69) is 9.72 Å². The number of hydrogen-bond donors (Lipinski definition) is 3. The molecule has 2 heterocycles. The topological polar surface area (TPSA) is 161 Å². The highest BCUT2D eigenvalue weighted by Crippen LogP contribution is 2.42. The van der Waals surface area contributed by atoms with Crippen molar-refractivity contribution in [1.29, 1.82) is 5.26 Å². The van der Waals surface area contributed by atoms with E-state index in [9.17, 15) is 25.1 Å². The molecule has 12 heteroatoms. The van der Waals surface area contributed by atoms with Crippen molar-refractivity contribution in [3.8, 4) is 6.07 Å². The Morgan fingerprint density at radius 3 is 2.77 bits per heavy atom. The van der Waals surface area contributed by atoms with Crippen molar-refractivity contribution in [3.05, 3.63) is 21.7 Å². The second-order valence-electron chi connectivity index (χ2n) is 5.98. The van der Waals surface area contributed by atoms with Crippen molar-refractivity contribution < 1.29 is 28.9 Å². The number of aromatic nitrogens is 2. The number of nitriles is 1. The number of carbonyl (C=O) groups is 1. The van der Waals surface area contributed by atoms with E-state index in [1.807, 2.05) is 0 Å². The lowest BCUT2D eigenvalue weighted by atomic mass is 10.0. The fourth-order valence-corrected chi connectivity index (χ4v) is 2.44. The SMILES string of the molecule is CC(C)C(=O)OC[C@@]1(F)O[C@@](C#N)(n2cc(Cl)c(N)nc2=O)[C@H](O)[C@@H]1O. The van der Waals surface area contributed by atoms with Gasteiger partial charge >= 0.3 is 11.7 Å². The van der Waals surface area contributed by atoms with Crippen LogP contribution in [0.25, 0.3) is 0 Å². The summed E-state index contributed by atoms with van der Waals surface area (Å²) in [6.45, 7) is 1.88. The number of aliphatic hydroxyl groups is 2. The van der Waals surface area contributed by atoms with Crippen molar-refractivity contribution in [2.75, 3.05) is 12.3 Å². The quantitative estimate of drug-likeness (QED) is 0.563. The molecule has 4 N–H and O–H groups in total. The number of aliphatic hydroxyl groups excluding tert-OH is 2. The first-order valence-corrected chi connectivity index (χ1v) is 7.74. The molecule has 1 aromatic heterocycles. The summed E-state index contributed by atoms with van der Waals surface area (Å²) >= 11 is 5.76. The number of nitrogens with zero attached hydrogens (tertiary/aromatic N) is 3. The van der Waals surface area contributed by atoms with Gasteiger partial charge in [0.2, 0.25) is 0 Å². The lowest BCUT2D eigenvalue weighted by Crippen LogP contribution is -2.49. The van der Waals surface area contributed by atoms with Crippen LogP contribution < -0.4 is 11.4 Å². The third-order valence-corrected chi connectivity index (χ3v) is 4.07. The fraction of sp³-hybridized carbons (Fsp3) is 0.571. The summed E-state index contributed by atoms with van der Waals surface area (Å²) in [4.78, 5) is 26.9. The second-order valence-corrected chi connectivity index (χ2v) is 6.38. The molecule has 10 nitrogen and oxygen atoms in total. The maximum absolute atomic E-state index is 15.0. The summed E-state index contributed by atoms with van der Waals surface area (Å²) in [5.41, 5.74) is 1.49. The van der Waals surface area contributed by atoms with Crippen LogP contribution in [0.15, 0.2) is 11.0 Å². The Morgan fingerprint density at radius 1 is 1.62 bits per heavy atom. The molecule has 4 atom stereocenters. The predicted molar refractivity (Wildman–Crippen MR) is 84.2 cm³/mol. The lowest BCUT2D eigenvalue weighted by molar-refractivity contribution is -0.235. The zero-order valence-corrected chi connectivity index (χ0v) is 14.5. The third kappa shape index (κ3) is 3.12. The van der Waals surface area contributed by atoms with Gasteiger partial charge in [0.15, 0.2) is 6.61 Å². The average Bonchev–Trinajstić information content (AvgIpc) is 2.78. The Morgan fingerprint density at radius 2 is 2.23 bits per heavy atom. The molecule has 1 aromatic rings. The van der Waals surface area contributed by atoms with E-state index in [0.717, 1.165) is 6.20 Å². The van der Waals surface area contributed by atoms with Gasteiger partial charge in [-0.15, -0.1) is 0 Å². The van der Waals surface area contributed by atoms with Crippen LogP contribution in [0.5, 0.6) is 0 Å². The monoisotopic (exact) mass is 390 g/mol. The molecule has 1 aliphatic rings. The first kappa shape index (κ1) is 20.1. The summed E-state index contributed by atoms with van der Waals surface area (Å²) < 4.78 is 25.0. The van der Waals surface area contributed by atoms with Gasteiger partial charge in [-0.3, -0.25) is 14.1 Å². The zero-order valence-electron chi connectivity index (χ0n) is 13.7. The Hall–Kier alpha value is -2.26. The first-order valence-electron chi connectivity index (χ1n) is 7.36. The summed E-state index contributed by atoms with van der Waals surface area (Å²) in [7, 11) is 0. The van der Waals surface area contributed by atoms with Gasteiger partial charge in [0.1, 0.15) is 24.1 Å². The molecule has 0 bridgehead atoms. The van der Waals surface area contributed by atoms with Gasteiger partial charge in [0.25, 0.3) is 11.6 Å². The maximum Gasteiger partial charge on any atom is 0.352 e. The summed E-state index contributed by atoms with van der Waals surface area (Å²) in [5, 5.41) is 29.4. The molecule has 1 aliphatic heterocycles. The van der Waals surface area contributed by atoms with Gasteiger partial charge in [0.05, 0.1) is 10.9 Å². The van der Waals surface area contributed by atoms with Gasteiger partial charge < -0.3 is 20.7 Å². The van der Waals surface area contributed by atoms with E-state index < -0.39 is 48.0 Å². The average molecular weight is 391 g/mol. The molecule has 2 rings (SSSR count). The second kappa shape index (κ2) is 6.81. The van der Waals surface area contributed by atoms with Crippen LogP contribution >= 0.6 is 11.6 Å². The predicted octanol–water partition coefficient (Wildman–Crippen LogP) is -0.728.